The second-order valence-electron chi connectivity index (χ2n) is 4.46. The van der Waals surface area contributed by atoms with Gasteiger partial charge in [0.25, 0.3) is 5.69 Å². The van der Waals surface area contributed by atoms with Crippen molar-refractivity contribution in [2.45, 2.75) is 23.9 Å². The van der Waals surface area contributed by atoms with E-state index in [0.717, 1.165) is 0 Å². The van der Waals surface area contributed by atoms with Crippen LogP contribution in [0.3, 0.4) is 0 Å². The van der Waals surface area contributed by atoms with Crippen LogP contribution >= 0.6 is 34.8 Å². The zero-order valence-corrected chi connectivity index (χ0v) is 13.4. The average Bonchev–Trinajstić information content (AvgIpc) is 2.36. The predicted molar refractivity (Wildman–Crippen MR) is 80.8 cm³/mol. The lowest BCUT2D eigenvalue weighted by Crippen LogP contribution is -2.49. The summed E-state index contributed by atoms with van der Waals surface area (Å²) in [5, 5.41) is 13.1. The number of hydrogen-bond acceptors (Lipinski definition) is 4. The summed E-state index contributed by atoms with van der Waals surface area (Å²) >= 11 is 17.3. The first-order chi connectivity index (χ1) is 9.61. The van der Waals surface area contributed by atoms with Gasteiger partial charge in [-0.05, 0) is 6.07 Å². The SMILES string of the molecule is CC(C)C(=O)N[C@H](Oc1cccc([N+](=O)[O-])c1)C(Cl)(Cl)Cl. The Kier molecular flexibility index (Phi) is 6.07. The highest BCUT2D eigenvalue weighted by Crippen LogP contribution is 2.32. The fraction of sp³-hybridized carbons (Fsp3) is 0.417. The van der Waals surface area contributed by atoms with E-state index in [9.17, 15) is 14.9 Å². The van der Waals surface area contributed by atoms with Gasteiger partial charge in [0.1, 0.15) is 5.75 Å². The van der Waals surface area contributed by atoms with Crippen LogP contribution in [0.1, 0.15) is 13.8 Å². The minimum absolute atomic E-state index is 0.101. The number of carbonyl (C=O) groups is 1. The van der Waals surface area contributed by atoms with Crippen LogP contribution in [0.4, 0.5) is 5.69 Å². The molecule has 0 aliphatic rings. The van der Waals surface area contributed by atoms with Crippen molar-refractivity contribution in [1.29, 1.82) is 0 Å². The molecule has 0 saturated carbocycles. The van der Waals surface area contributed by atoms with Crippen molar-refractivity contribution in [3.8, 4) is 5.75 Å². The van der Waals surface area contributed by atoms with E-state index in [2.05, 4.69) is 5.32 Å². The topological polar surface area (TPSA) is 81.5 Å². The standard InChI is InChI=1S/C12H13Cl3N2O4/c1-7(2)10(18)16-11(12(13,14)15)21-9-5-3-4-8(6-9)17(19)20/h3-7,11H,1-2H3,(H,16,18)/t11-/m1/s1. The van der Waals surface area contributed by atoms with Gasteiger partial charge in [0.15, 0.2) is 0 Å². The molecule has 1 amide bonds. The van der Waals surface area contributed by atoms with Crippen molar-refractivity contribution in [3.63, 3.8) is 0 Å². The lowest BCUT2D eigenvalue weighted by molar-refractivity contribution is -0.384. The monoisotopic (exact) mass is 354 g/mol. The summed E-state index contributed by atoms with van der Waals surface area (Å²) in [5.41, 5.74) is -0.175. The molecule has 0 heterocycles. The number of halogens is 3. The molecule has 1 aromatic rings. The third-order valence-corrected chi connectivity index (χ3v) is 2.97. The van der Waals surface area contributed by atoms with Gasteiger partial charge in [0.2, 0.25) is 15.9 Å². The molecule has 0 spiro atoms. The maximum atomic E-state index is 11.7. The Bertz CT molecular complexity index is 531. The molecule has 0 saturated heterocycles. The summed E-state index contributed by atoms with van der Waals surface area (Å²) < 4.78 is 3.42. The minimum atomic E-state index is -1.94. The van der Waals surface area contributed by atoms with Gasteiger partial charge < -0.3 is 10.1 Å². The Morgan fingerprint density at radius 2 is 2.00 bits per heavy atom. The summed E-state index contributed by atoms with van der Waals surface area (Å²) in [6.07, 6.45) is -1.28. The summed E-state index contributed by atoms with van der Waals surface area (Å²) in [5.74, 6) is -0.616. The van der Waals surface area contributed by atoms with Gasteiger partial charge >= 0.3 is 0 Å². The molecule has 0 aliphatic carbocycles. The second kappa shape index (κ2) is 7.15. The van der Waals surface area contributed by atoms with Crippen LogP contribution in [0.15, 0.2) is 24.3 Å². The molecule has 1 rings (SSSR count). The molecule has 1 aromatic carbocycles. The summed E-state index contributed by atoms with van der Waals surface area (Å²) in [6.45, 7) is 3.33. The number of carbonyl (C=O) groups excluding carboxylic acids is 1. The number of nitrogens with one attached hydrogen (secondary N) is 1. The highest BCUT2D eigenvalue weighted by Gasteiger charge is 2.36. The normalized spacial score (nSPS) is 12.9. The first kappa shape index (κ1) is 17.8. The molecular formula is C12H13Cl3N2O4. The molecule has 1 N–H and O–H groups in total. The number of amides is 1. The average molecular weight is 356 g/mol. The van der Waals surface area contributed by atoms with E-state index < -0.39 is 14.9 Å². The van der Waals surface area contributed by atoms with Gasteiger partial charge in [-0.1, -0.05) is 54.7 Å². The van der Waals surface area contributed by atoms with E-state index >= 15 is 0 Å². The van der Waals surface area contributed by atoms with Crippen molar-refractivity contribution in [2.75, 3.05) is 0 Å². The summed E-state index contributed by atoms with van der Waals surface area (Å²) in [4.78, 5) is 21.8. The van der Waals surface area contributed by atoms with Gasteiger partial charge in [-0.15, -0.1) is 0 Å². The number of nitro groups is 1. The van der Waals surface area contributed by atoms with Crippen molar-refractivity contribution in [1.82, 2.24) is 5.32 Å². The van der Waals surface area contributed by atoms with Gasteiger partial charge in [0, 0.05) is 12.0 Å². The molecule has 0 aromatic heterocycles. The van der Waals surface area contributed by atoms with E-state index in [-0.39, 0.29) is 23.3 Å². The number of benzene rings is 1. The molecule has 9 heteroatoms. The predicted octanol–water partition coefficient (Wildman–Crippen LogP) is 3.44. The molecule has 0 aliphatic heterocycles. The molecule has 6 nitrogen and oxygen atoms in total. The van der Waals surface area contributed by atoms with E-state index in [1.165, 1.54) is 24.3 Å². The van der Waals surface area contributed by atoms with E-state index in [4.69, 9.17) is 39.5 Å². The van der Waals surface area contributed by atoms with Crippen molar-refractivity contribution in [2.24, 2.45) is 5.92 Å². The second-order valence-corrected chi connectivity index (χ2v) is 6.83. The zero-order valence-electron chi connectivity index (χ0n) is 11.2. The molecule has 0 fully saturated rings. The Morgan fingerprint density at radius 3 is 2.48 bits per heavy atom. The number of alkyl halides is 3. The third-order valence-electron chi connectivity index (χ3n) is 2.38. The van der Waals surface area contributed by atoms with Crippen molar-refractivity contribution < 1.29 is 14.5 Å². The summed E-state index contributed by atoms with van der Waals surface area (Å²) in [6, 6.07) is 5.35. The minimum Gasteiger partial charge on any atom is -0.466 e. The highest BCUT2D eigenvalue weighted by atomic mass is 35.6. The van der Waals surface area contributed by atoms with Crippen molar-refractivity contribution >= 4 is 46.4 Å². The largest absolute Gasteiger partial charge is 0.466 e. The highest BCUT2D eigenvalue weighted by molar-refractivity contribution is 6.68. The molecule has 21 heavy (non-hydrogen) atoms. The van der Waals surface area contributed by atoms with Crippen LogP contribution in [-0.2, 0) is 4.79 Å². The number of ether oxygens (including phenoxy) is 1. The van der Waals surface area contributed by atoms with Crippen LogP contribution in [-0.4, -0.2) is 20.9 Å². The van der Waals surface area contributed by atoms with Crippen LogP contribution in [0.25, 0.3) is 0 Å². The van der Waals surface area contributed by atoms with E-state index in [1.807, 2.05) is 0 Å². The van der Waals surface area contributed by atoms with Crippen LogP contribution in [0.2, 0.25) is 0 Å². The third kappa shape index (κ3) is 5.57. The lowest BCUT2D eigenvalue weighted by Gasteiger charge is -2.26. The first-order valence-corrected chi connectivity index (χ1v) is 7.03. The molecular weight excluding hydrogens is 343 g/mol. The number of rotatable bonds is 5. The number of non-ortho nitro benzene ring substituents is 1. The van der Waals surface area contributed by atoms with E-state index in [0.29, 0.717) is 0 Å². The molecule has 0 radical (unpaired) electrons. The molecule has 116 valence electrons. The Labute approximate surface area is 136 Å². The van der Waals surface area contributed by atoms with Crippen molar-refractivity contribution in [3.05, 3.63) is 34.4 Å². The van der Waals surface area contributed by atoms with Gasteiger partial charge in [0.05, 0.1) is 11.0 Å². The molecule has 1 atom stereocenters. The van der Waals surface area contributed by atoms with Crippen LogP contribution in [0.5, 0.6) is 5.75 Å². The lowest BCUT2D eigenvalue weighted by atomic mass is 10.2. The van der Waals surface area contributed by atoms with Crippen LogP contribution < -0.4 is 10.1 Å². The molecule has 0 unspecified atom stereocenters. The van der Waals surface area contributed by atoms with Crippen LogP contribution in [0, 0.1) is 16.0 Å². The van der Waals surface area contributed by atoms with Gasteiger partial charge in [-0.3, -0.25) is 14.9 Å². The smallest absolute Gasteiger partial charge is 0.273 e. The maximum absolute atomic E-state index is 11.7. The number of hydrogen-bond donors (Lipinski definition) is 1. The van der Waals surface area contributed by atoms with Gasteiger partial charge in [-0.25, -0.2) is 0 Å². The number of nitrogens with zero attached hydrogens (tertiary/aromatic N) is 1. The van der Waals surface area contributed by atoms with E-state index in [1.54, 1.807) is 13.8 Å². The zero-order chi connectivity index (χ0) is 16.2. The number of nitro benzene ring substituents is 1. The molecule has 0 bridgehead atoms. The Hall–Kier alpha value is -1.24. The quantitative estimate of drug-likeness (QED) is 0.380. The first-order valence-electron chi connectivity index (χ1n) is 5.89. The summed E-state index contributed by atoms with van der Waals surface area (Å²) in [7, 11) is 0. The fourth-order valence-electron chi connectivity index (χ4n) is 1.28. The Balaban J connectivity index is 2.94. The Morgan fingerprint density at radius 1 is 1.38 bits per heavy atom. The fourth-order valence-corrected chi connectivity index (χ4v) is 1.58. The maximum Gasteiger partial charge on any atom is 0.273 e. The van der Waals surface area contributed by atoms with Gasteiger partial charge in [-0.2, -0.15) is 0 Å².